The molecule has 1 amide bonds. The number of hydrogen-bond donors (Lipinski definition) is 2. The van der Waals surface area contributed by atoms with Crippen LogP contribution in [0.2, 0.25) is 0 Å². The third kappa shape index (κ3) is 4.08. The van der Waals surface area contributed by atoms with E-state index in [2.05, 4.69) is 29.3 Å². The van der Waals surface area contributed by atoms with E-state index in [0.717, 1.165) is 24.7 Å². The molecule has 22 heavy (non-hydrogen) atoms. The van der Waals surface area contributed by atoms with E-state index in [1.807, 2.05) is 12.1 Å². The van der Waals surface area contributed by atoms with E-state index in [-0.39, 0.29) is 11.9 Å². The number of carbonyl (C=O) groups excluding carboxylic acids is 1. The van der Waals surface area contributed by atoms with Crippen molar-refractivity contribution in [1.29, 1.82) is 0 Å². The first-order valence-corrected chi connectivity index (χ1v) is 8.54. The van der Waals surface area contributed by atoms with Crippen molar-refractivity contribution < 1.29 is 4.79 Å². The summed E-state index contributed by atoms with van der Waals surface area (Å²) >= 11 is 0. The average Bonchev–Trinajstić information content (AvgIpc) is 3.41. The van der Waals surface area contributed by atoms with Gasteiger partial charge in [-0.05, 0) is 55.8 Å². The van der Waals surface area contributed by atoms with E-state index in [9.17, 15) is 4.79 Å². The highest BCUT2D eigenvalue weighted by Crippen LogP contribution is 2.31. The molecule has 3 N–H and O–H groups in total. The lowest BCUT2D eigenvalue weighted by Gasteiger charge is -2.19. The van der Waals surface area contributed by atoms with E-state index >= 15 is 0 Å². The molecule has 0 radical (unpaired) electrons. The van der Waals surface area contributed by atoms with Crippen LogP contribution < -0.4 is 11.1 Å². The quantitative estimate of drug-likeness (QED) is 0.773. The van der Waals surface area contributed by atoms with Crippen molar-refractivity contribution in [2.45, 2.75) is 51.2 Å². The number of rotatable bonds is 8. The Morgan fingerprint density at radius 3 is 2.50 bits per heavy atom. The Labute approximate surface area is 133 Å². The SMILES string of the molecule is CCN(Cc1ccc(C(=O)NCC(N)C2CC2)cc1)C1CC1. The number of nitrogens with zero attached hydrogens (tertiary/aromatic N) is 1. The van der Waals surface area contributed by atoms with Crippen molar-refractivity contribution in [2.24, 2.45) is 11.7 Å². The summed E-state index contributed by atoms with van der Waals surface area (Å²) in [6.07, 6.45) is 5.08. The van der Waals surface area contributed by atoms with Crippen molar-refractivity contribution in [3.8, 4) is 0 Å². The fourth-order valence-electron chi connectivity index (χ4n) is 2.94. The normalized spacial score (nSPS) is 19.2. The zero-order chi connectivity index (χ0) is 15.5. The molecule has 2 aliphatic rings. The Hall–Kier alpha value is -1.39. The highest BCUT2D eigenvalue weighted by molar-refractivity contribution is 5.94. The van der Waals surface area contributed by atoms with Gasteiger partial charge in [0.1, 0.15) is 0 Å². The van der Waals surface area contributed by atoms with Gasteiger partial charge in [0, 0.05) is 30.7 Å². The summed E-state index contributed by atoms with van der Waals surface area (Å²) in [4.78, 5) is 14.6. The van der Waals surface area contributed by atoms with E-state index in [4.69, 9.17) is 5.73 Å². The van der Waals surface area contributed by atoms with Gasteiger partial charge >= 0.3 is 0 Å². The zero-order valence-electron chi connectivity index (χ0n) is 13.4. The molecule has 1 aromatic carbocycles. The maximum atomic E-state index is 12.1. The molecular formula is C18H27N3O. The lowest BCUT2D eigenvalue weighted by molar-refractivity contribution is 0.0950. The minimum Gasteiger partial charge on any atom is -0.350 e. The molecule has 0 saturated heterocycles. The summed E-state index contributed by atoms with van der Waals surface area (Å²) < 4.78 is 0. The van der Waals surface area contributed by atoms with Gasteiger partial charge in [0.2, 0.25) is 0 Å². The first-order valence-electron chi connectivity index (χ1n) is 8.54. The van der Waals surface area contributed by atoms with Crippen LogP contribution in [0, 0.1) is 5.92 Å². The molecule has 4 heteroatoms. The molecule has 0 bridgehead atoms. The number of hydrogen-bond acceptors (Lipinski definition) is 3. The number of nitrogens with one attached hydrogen (secondary N) is 1. The molecule has 0 spiro atoms. The summed E-state index contributed by atoms with van der Waals surface area (Å²) in [5.41, 5.74) is 8.01. The van der Waals surface area contributed by atoms with Gasteiger partial charge in [-0.15, -0.1) is 0 Å². The summed E-state index contributed by atoms with van der Waals surface area (Å²) in [5.74, 6) is 0.599. The fraction of sp³-hybridized carbons (Fsp3) is 0.611. The van der Waals surface area contributed by atoms with E-state index in [0.29, 0.717) is 12.5 Å². The van der Waals surface area contributed by atoms with Crippen LogP contribution in [0.15, 0.2) is 24.3 Å². The fourth-order valence-corrected chi connectivity index (χ4v) is 2.94. The standard InChI is InChI=1S/C18H27N3O/c1-2-21(16-9-10-16)12-13-3-5-15(6-4-13)18(22)20-11-17(19)14-7-8-14/h3-6,14,16-17H,2,7-12,19H2,1H3,(H,20,22). The maximum Gasteiger partial charge on any atom is 0.251 e. The molecule has 120 valence electrons. The lowest BCUT2D eigenvalue weighted by atomic mass is 10.1. The van der Waals surface area contributed by atoms with Gasteiger partial charge in [0.15, 0.2) is 0 Å². The summed E-state index contributed by atoms with van der Waals surface area (Å²) in [7, 11) is 0. The van der Waals surface area contributed by atoms with Crippen molar-refractivity contribution >= 4 is 5.91 Å². The van der Waals surface area contributed by atoms with Gasteiger partial charge < -0.3 is 11.1 Å². The third-order valence-corrected chi connectivity index (χ3v) is 4.80. The van der Waals surface area contributed by atoms with Gasteiger partial charge in [-0.25, -0.2) is 0 Å². The minimum atomic E-state index is -0.0165. The molecule has 2 aliphatic carbocycles. The largest absolute Gasteiger partial charge is 0.350 e. The van der Waals surface area contributed by atoms with Crippen molar-refractivity contribution in [3.63, 3.8) is 0 Å². The number of amides is 1. The second-order valence-electron chi connectivity index (χ2n) is 6.70. The second-order valence-corrected chi connectivity index (χ2v) is 6.70. The Bertz CT molecular complexity index is 506. The molecule has 1 atom stereocenters. The monoisotopic (exact) mass is 301 g/mol. The third-order valence-electron chi connectivity index (χ3n) is 4.80. The molecule has 1 unspecified atom stereocenters. The highest BCUT2D eigenvalue weighted by Gasteiger charge is 2.29. The van der Waals surface area contributed by atoms with Crippen molar-refractivity contribution in [1.82, 2.24) is 10.2 Å². The van der Waals surface area contributed by atoms with Crippen LogP contribution in [0.25, 0.3) is 0 Å². The Kier molecular flexibility index (Phi) is 4.79. The molecule has 1 aromatic rings. The number of nitrogens with two attached hydrogens (primary N) is 1. The van der Waals surface area contributed by atoms with E-state index in [1.165, 1.54) is 31.2 Å². The predicted octanol–water partition coefficient (Wildman–Crippen LogP) is 2.14. The Balaban J connectivity index is 1.50. The van der Waals surface area contributed by atoms with Gasteiger partial charge in [0.25, 0.3) is 5.91 Å². The molecule has 4 nitrogen and oxygen atoms in total. The smallest absolute Gasteiger partial charge is 0.251 e. The topological polar surface area (TPSA) is 58.4 Å². The minimum absolute atomic E-state index is 0.0165. The first-order chi connectivity index (χ1) is 10.7. The molecule has 3 rings (SSSR count). The van der Waals surface area contributed by atoms with Gasteiger partial charge in [-0.3, -0.25) is 9.69 Å². The number of benzene rings is 1. The molecule has 0 aliphatic heterocycles. The maximum absolute atomic E-state index is 12.1. The molecule has 2 fully saturated rings. The van der Waals surface area contributed by atoms with Crippen LogP contribution in [-0.4, -0.2) is 36.0 Å². The first kappa shape index (κ1) is 15.5. The molecule has 0 aromatic heterocycles. The van der Waals surface area contributed by atoms with Crippen molar-refractivity contribution in [2.75, 3.05) is 13.1 Å². The predicted molar refractivity (Wildman–Crippen MR) is 88.6 cm³/mol. The molecule has 2 saturated carbocycles. The van der Waals surface area contributed by atoms with Gasteiger partial charge in [0.05, 0.1) is 0 Å². The highest BCUT2D eigenvalue weighted by atomic mass is 16.1. The Morgan fingerprint density at radius 2 is 1.95 bits per heavy atom. The summed E-state index contributed by atoms with van der Waals surface area (Å²) in [6.45, 7) is 4.86. The van der Waals surface area contributed by atoms with Crippen molar-refractivity contribution in [3.05, 3.63) is 35.4 Å². The van der Waals surface area contributed by atoms with Crippen LogP contribution in [0.1, 0.15) is 48.5 Å². The number of carbonyl (C=O) groups is 1. The zero-order valence-corrected chi connectivity index (χ0v) is 13.4. The van der Waals surface area contributed by atoms with E-state index in [1.54, 1.807) is 0 Å². The van der Waals surface area contributed by atoms with Crippen LogP contribution >= 0.6 is 0 Å². The summed E-state index contributed by atoms with van der Waals surface area (Å²) in [6, 6.07) is 8.88. The van der Waals surface area contributed by atoms with Crippen LogP contribution in [0.5, 0.6) is 0 Å². The molecular weight excluding hydrogens is 274 g/mol. The van der Waals surface area contributed by atoms with Crippen LogP contribution in [0.3, 0.4) is 0 Å². The second kappa shape index (κ2) is 6.80. The van der Waals surface area contributed by atoms with Gasteiger partial charge in [-0.2, -0.15) is 0 Å². The summed E-state index contributed by atoms with van der Waals surface area (Å²) in [5, 5.41) is 2.95. The van der Waals surface area contributed by atoms with E-state index < -0.39 is 0 Å². The molecule has 0 heterocycles. The van der Waals surface area contributed by atoms with Crippen LogP contribution in [-0.2, 0) is 6.54 Å². The average molecular weight is 301 g/mol. The Morgan fingerprint density at radius 1 is 1.27 bits per heavy atom. The van der Waals surface area contributed by atoms with Crippen LogP contribution in [0.4, 0.5) is 0 Å². The lowest BCUT2D eigenvalue weighted by Crippen LogP contribution is -2.38. The van der Waals surface area contributed by atoms with Gasteiger partial charge in [-0.1, -0.05) is 19.1 Å².